The minimum absolute atomic E-state index is 0.211. The van der Waals surface area contributed by atoms with Crippen molar-refractivity contribution in [1.82, 2.24) is 0 Å². The highest BCUT2D eigenvalue weighted by atomic mass is 16.6. The Morgan fingerprint density at radius 1 is 1.53 bits per heavy atom. The highest BCUT2D eigenvalue weighted by Gasteiger charge is 2.24. The van der Waals surface area contributed by atoms with E-state index < -0.39 is 6.10 Å². The fourth-order valence-electron chi connectivity index (χ4n) is 1.77. The summed E-state index contributed by atoms with van der Waals surface area (Å²) in [6, 6.07) is 6.98. The lowest BCUT2D eigenvalue weighted by molar-refractivity contribution is -0.142. The molecule has 1 heterocycles. The average Bonchev–Trinajstić information content (AvgIpc) is 2.48. The fourth-order valence-corrected chi connectivity index (χ4v) is 1.77. The van der Waals surface area contributed by atoms with Gasteiger partial charge in [-0.25, -0.2) is 0 Å². The molecule has 1 aliphatic rings. The average molecular weight is 262 g/mol. The molecule has 0 radical (unpaired) electrons. The maximum atomic E-state index is 12.0. The van der Waals surface area contributed by atoms with E-state index in [2.05, 4.69) is 5.32 Å². The number of carbonyl (C=O) groups excluding carboxylic acids is 1. The van der Waals surface area contributed by atoms with Gasteiger partial charge < -0.3 is 19.5 Å². The third-order valence-electron chi connectivity index (χ3n) is 2.72. The number of hydrogen-bond acceptors (Lipinski definition) is 5. The van der Waals surface area contributed by atoms with Gasteiger partial charge in [-0.2, -0.15) is 5.26 Å². The first-order valence-corrected chi connectivity index (χ1v) is 5.83. The van der Waals surface area contributed by atoms with Gasteiger partial charge >= 0.3 is 0 Å². The summed E-state index contributed by atoms with van der Waals surface area (Å²) in [6.45, 7) is 1.08. The van der Waals surface area contributed by atoms with Gasteiger partial charge in [-0.15, -0.1) is 0 Å². The molecule has 1 N–H and O–H groups in total. The van der Waals surface area contributed by atoms with Crippen molar-refractivity contribution in [2.24, 2.45) is 0 Å². The van der Waals surface area contributed by atoms with Gasteiger partial charge in [-0.05, 0) is 12.1 Å². The summed E-state index contributed by atoms with van der Waals surface area (Å²) in [7, 11) is 1.48. The fraction of sp³-hybridized carbons (Fsp3) is 0.385. The summed E-state index contributed by atoms with van der Waals surface area (Å²) in [5.41, 5.74) is 0.691. The van der Waals surface area contributed by atoms with Crippen LogP contribution in [-0.4, -0.2) is 38.9 Å². The Kier molecular flexibility index (Phi) is 4.34. The second kappa shape index (κ2) is 6.18. The van der Waals surface area contributed by atoms with Crippen molar-refractivity contribution >= 4 is 11.6 Å². The van der Waals surface area contributed by atoms with Crippen LogP contribution in [0.5, 0.6) is 5.75 Å². The lowest BCUT2D eigenvalue weighted by Gasteiger charge is -2.22. The quantitative estimate of drug-likeness (QED) is 0.876. The standard InChI is InChI=1S/C13H14N2O4/c1-17-10-4-2-3-9(7-14)12(10)15-13(16)11-8-18-5-6-19-11/h2-4,11H,5-6,8H2,1H3,(H,15,16). The molecule has 6 heteroatoms. The molecule has 19 heavy (non-hydrogen) atoms. The SMILES string of the molecule is COc1cccc(C#N)c1NC(=O)C1COCCO1. The largest absolute Gasteiger partial charge is 0.495 e. The summed E-state index contributed by atoms with van der Waals surface area (Å²) in [5, 5.41) is 11.7. The first-order valence-electron chi connectivity index (χ1n) is 5.83. The number of para-hydroxylation sites is 1. The molecular weight excluding hydrogens is 248 g/mol. The van der Waals surface area contributed by atoms with E-state index in [0.29, 0.717) is 30.2 Å². The highest BCUT2D eigenvalue weighted by molar-refractivity contribution is 5.97. The predicted molar refractivity (Wildman–Crippen MR) is 66.9 cm³/mol. The van der Waals surface area contributed by atoms with E-state index in [0.717, 1.165) is 0 Å². The molecule has 1 saturated heterocycles. The number of nitrogens with zero attached hydrogens (tertiary/aromatic N) is 1. The van der Waals surface area contributed by atoms with Gasteiger partial charge in [0.05, 0.1) is 32.5 Å². The topological polar surface area (TPSA) is 80.6 Å². The third-order valence-corrected chi connectivity index (χ3v) is 2.72. The van der Waals surface area contributed by atoms with E-state index >= 15 is 0 Å². The number of anilines is 1. The van der Waals surface area contributed by atoms with Crippen LogP contribution >= 0.6 is 0 Å². The van der Waals surface area contributed by atoms with Crippen molar-refractivity contribution in [2.75, 3.05) is 32.2 Å². The predicted octanol–water partition coefficient (Wildman–Crippen LogP) is 0.921. The highest BCUT2D eigenvalue weighted by Crippen LogP contribution is 2.28. The van der Waals surface area contributed by atoms with Crippen molar-refractivity contribution in [2.45, 2.75) is 6.10 Å². The summed E-state index contributed by atoms with van der Waals surface area (Å²) >= 11 is 0. The Balaban J connectivity index is 2.18. The van der Waals surface area contributed by atoms with Crippen LogP contribution in [0, 0.1) is 11.3 Å². The Morgan fingerprint density at radius 3 is 3.00 bits per heavy atom. The zero-order chi connectivity index (χ0) is 13.7. The first kappa shape index (κ1) is 13.3. The van der Waals surface area contributed by atoms with Gasteiger partial charge in [0, 0.05) is 0 Å². The van der Waals surface area contributed by atoms with Gasteiger partial charge in [0.2, 0.25) is 0 Å². The number of amides is 1. The summed E-state index contributed by atoms with van der Waals surface area (Å²) in [4.78, 5) is 12.0. The van der Waals surface area contributed by atoms with Crippen LogP contribution in [0.4, 0.5) is 5.69 Å². The first-order chi connectivity index (χ1) is 9.26. The van der Waals surface area contributed by atoms with Crippen LogP contribution in [0.2, 0.25) is 0 Å². The molecule has 2 rings (SSSR count). The number of nitrogens with one attached hydrogen (secondary N) is 1. The second-order valence-corrected chi connectivity index (χ2v) is 3.92. The minimum Gasteiger partial charge on any atom is -0.495 e. The number of hydrogen-bond donors (Lipinski definition) is 1. The van der Waals surface area contributed by atoms with E-state index in [4.69, 9.17) is 19.5 Å². The van der Waals surface area contributed by atoms with Crippen LogP contribution in [0.25, 0.3) is 0 Å². The van der Waals surface area contributed by atoms with Crippen molar-refractivity contribution in [3.8, 4) is 11.8 Å². The minimum atomic E-state index is -0.662. The van der Waals surface area contributed by atoms with Gasteiger partial charge in [0.15, 0.2) is 6.10 Å². The molecule has 0 saturated carbocycles. The van der Waals surface area contributed by atoms with Crippen LogP contribution < -0.4 is 10.1 Å². The molecule has 100 valence electrons. The Hall–Kier alpha value is -2.10. The monoisotopic (exact) mass is 262 g/mol. The zero-order valence-electron chi connectivity index (χ0n) is 10.5. The Labute approximate surface area is 110 Å². The third kappa shape index (κ3) is 3.02. The molecule has 1 aromatic carbocycles. The van der Waals surface area contributed by atoms with Crippen molar-refractivity contribution in [3.05, 3.63) is 23.8 Å². The summed E-state index contributed by atoms with van der Waals surface area (Å²) < 4.78 is 15.6. The number of benzene rings is 1. The molecule has 1 aromatic rings. The molecule has 6 nitrogen and oxygen atoms in total. The van der Waals surface area contributed by atoms with Crippen LogP contribution in [0.3, 0.4) is 0 Å². The lowest BCUT2D eigenvalue weighted by Crippen LogP contribution is -2.39. The molecule has 1 amide bonds. The number of methoxy groups -OCH3 is 1. The van der Waals surface area contributed by atoms with Gasteiger partial charge in [0.1, 0.15) is 17.5 Å². The smallest absolute Gasteiger partial charge is 0.256 e. The molecule has 1 fully saturated rings. The van der Waals surface area contributed by atoms with Gasteiger partial charge in [0.25, 0.3) is 5.91 Å². The lowest BCUT2D eigenvalue weighted by atomic mass is 10.1. The van der Waals surface area contributed by atoms with Crippen molar-refractivity contribution < 1.29 is 19.0 Å². The Bertz CT molecular complexity index is 504. The van der Waals surface area contributed by atoms with Crippen LogP contribution in [0.1, 0.15) is 5.56 Å². The zero-order valence-corrected chi connectivity index (χ0v) is 10.5. The van der Waals surface area contributed by atoms with Crippen LogP contribution in [-0.2, 0) is 14.3 Å². The number of nitriles is 1. The molecule has 0 aromatic heterocycles. The summed E-state index contributed by atoms with van der Waals surface area (Å²) in [6.07, 6.45) is -0.662. The maximum absolute atomic E-state index is 12.0. The van der Waals surface area contributed by atoms with E-state index in [9.17, 15) is 4.79 Å². The van der Waals surface area contributed by atoms with Crippen molar-refractivity contribution in [1.29, 1.82) is 5.26 Å². The van der Waals surface area contributed by atoms with E-state index in [-0.39, 0.29) is 12.5 Å². The number of carbonyl (C=O) groups is 1. The molecule has 0 aliphatic carbocycles. The molecule has 0 spiro atoms. The number of ether oxygens (including phenoxy) is 3. The molecule has 1 atom stereocenters. The second-order valence-electron chi connectivity index (χ2n) is 3.92. The van der Waals surface area contributed by atoms with E-state index in [1.165, 1.54) is 7.11 Å². The molecular formula is C13H14N2O4. The van der Waals surface area contributed by atoms with Gasteiger partial charge in [-0.3, -0.25) is 4.79 Å². The van der Waals surface area contributed by atoms with Crippen LogP contribution in [0.15, 0.2) is 18.2 Å². The van der Waals surface area contributed by atoms with Crippen molar-refractivity contribution in [3.63, 3.8) is 0 Å². The van der Waals surface area contributed by atoms with E-state index in [1.54, 1.807) is 18.2 Å². The van der Waals surface area contributed by atoms with Gasteiger partial charge in [-0.1, -0.05) is 6.07 Å². The molecule has 1 aliphatic heterocycles. The molecule has 0 bridgehead atoms. The molecule has 1 unspecified atom stereocenters. The summed E-state index contributed by atoms with van der Waals surface area (Å²) in [5.74, 6) is 0.0878. The van der Waals surface area contributed by atoms with E-state index in [1.807, 2.05) is 6.07 Å². The maximum Gasteiger partial charge on any atom is 0.256 e. The number of rotatable bonds is 3. The normalized spacial score (nSPS) is 18.4. The Morgan fingerprint density at radius 2 is 2.37 bits per heavy atom.